The molecule has 1 fully saturated rings. The number of fused-ring (bicyclic) bond motifs is 2. The molecule has 2 unspecified atom stereocenters. The van der Waals surface area contributed by atoms with Crippen LogP contribution in [0.15, 0.2) is 36.4 Å². The minimum absolute atomic E-state index is 0.611. The first-order valence-electron chi connectivity index (χ1n) is 5.95. The van der Waals surface area contributed by atoms with Gasteiger partial charge in [0.05, 0.1) is 0 Å². The second-order valence-corrected chi connectivity index (χ2v) is 4.60. The van der Waals surface area contributed by atoms with E-state index in [9.17, 15) is 0 Å². The molecule has 1 aromatic rings. The molecule has 78 valence electrons. The van der Waals surface area contributed by atoms with Crippen molar-refractivity contribution in [1.82, 2.24) is 5.32 Å². The smallest absolute Gasteiger partial charge is 0.0326 e. The second kappa shape index (κ2) is 3.82. The summed E-state index contributed by atoms with van der Waals surface area (Å²) in [5.74, 6) is 0. The van der Waals surface area contributed by atoms with Crippen molar-refractivity contribution in [2.24, 2.45) is 0 Å². The highest BCUT2D eigenvalue weighted by Gasteiger charge is 2.28. The van der Waals surface area contributed by atoms with E-state index in [-0.39, 0.29) is 0 Å². The zero-order valence-electron chi connectivity index (χ0n) is 8.95. The summed E-state index contributed by atoms with van der Waals surface area (Å²) in [6.07, 6.45) is 7.65. The number of rotatable bonds is 1. The van der Waals surface area contributed by atoms with Crippen LogP contribution in [0.1, 0.15) is 31.2 Å². The van der Waals surface area contributed by atoms with Crippen LogP contribution in [0.2, 0.25) is 0 Å². The maximum absolute atomic E-state index is 3.73. The van der Waals surface area contributed by atoms with Gasteiger partial charge in [0, 0.05) is 12.1 Å². The molecule has 0 amide bonds. The molecule has 1 heteroatoms. The fraction of sp³-hybridized carbons (Fsp3) is 0.429. The predicted molar refractivity (Wildman–Crippen MR) is 63.6 cm³/mol. The Kier molecular flexibility index (Phi) is 2.34. The van der Waals surface area contributed by atoms with Gasteiger partial charge in [-0.15, -0.1) is 0 Å². The van der Waals surface area contributed by atoms with Crippen molar-refractivity contribution in [3.8, 4) is 0 Å². The minimum Gasteiger partial charge on any atom is -0.307 e. The summed E-state index contributed by atoms with van der Waals surface area (Å²) in [6.45, 7) is 0. The Morgan fingerprint density at radius 1 is 1.00 bits per heavy atom. The molecule has 1 aromatic carbocycles. The van der Waals surface area contributed by atoms with Gasteiger partial charge in [-0.3, -0.25) is 0 Å². The summed E-state index contributed by atoms with van der Waals surface area (Å²) in [5, 5.41) is 3.73. The van der Waals surface area contributed by atoms with Crippen LogP contribution >= 0.6 is 0 Å². The molecule has 3 rings (SSSR count). The average Bonchev–Trinajstić information content (AvgIpc) is 2.61. The Morgan fingerprint density at radius 3 is 2.73 bits per heavy atom. The summed E-state index contributed by atoms with van der Waals surface area (Å²) in [6, 6.07) is 12.2. The number of hydrogen-bond acceptors (Lipinski definition) is 1. The molecule has 0 aromatic heterocycles. The molecule has 2 atom stereocenters. The van der Waals surface area contributed by atoms with Crippen LogP contribution in [0.3, 0.4) is 0 Å². The Balaban J connectivity index is 1.94. The van der Waals surface area contributed by atoms with Crippen LogP contribution in [0.4, 0.5) is 0 Å². The van der Waals surface area contributed by atoms with Gasteiger partial charge in [0.25, 0.3) is 0 Å². The fourth-order valence-corrected chi connectivity index (χ4v) is 2.82. The molecule has 1 N–H and O–H groups in total. The van der Waals surface area contributed by atoms with Gasteiger partial charge >= 0.3 is 0 Å². The van der Waals surface area contributed by atoms with E-state index < -0.39 is 0 Å². The molecule has 2 heterocycles. The van der Waals surface area contributed by atoms with Gasteiger partial charge in [0.15, 0.2) is 0 Å². The van der Waals surface area contributed by atoms with E-state index in [0.717, 1.165) is 6.04 Å². The normalized spacial score (nSPS) is 29.7. The molecule has 2 aliphatic rings. The summed E-state index contributed by atoms with van der Waals surface area (Å²) >= 11 is 0. The molecule has 2 bridgehead atoms. The van der Waals surface area contributed by atoms with Crippen LogP contribution in [0.5, 0.6) is 0 Å². The third kappa shape index (κ3) is 1.72. The van der Waals surface area contributed by atoms with E-state index in [1.54, 1.807) is 0 Å². The van der Waals surface area contributed by atoms with E-state index in [0.29, 0.717) is 6.04 Å². The number of hydrogen-bond donors (Lipinski definition) is 1. The average molecular weight is 199 g/mol. The zero-order chi connectivity index (χ0) is 10.1. The van der Waals surface area contributed by atoms with Crippen molar-refractivity contribution in [2.75, 3.05) is 0 Å². The predicted octanol–water partition coefficient (Wildman–Crippen LogP) is 2.98. The summed E-state index contributed by atoms with van der Waals surface area (Å²) in [7, 11) is 0. The molecule has 15 heavy (non-hydrogen) atoms. The first kappa shape index (κ1) is 9.17. The van der Waals surface area contributed by atoms with Crippen molar-refractivity contribution < 1.29 is 0 Å². The molecule has 1 nitrogen and oxygen atoms in total. The Bertz CT molecular complexity index is 366. The minimum atomic E-state index is 0.611. The zero-order valence-corrected chi connectivity index (χ0v) is 8.95. The van der Waals surface area contributed by atoms with Crippen molar-refractivity contribution >= 4 is 5.57 Å². The Hall–Kier alpha value is -1.08. The highest BCUT2D eigenvalue weighted by atomic mass is 15.0. The molecule has 0 spiro atoms. The van der Waals surface area contributed by atoms with Crippen LogP contribution in [0.25, 0.3) is 5.57 Å². The summed E-state index contributed by atoms with van der Waals surface area (Å²) in [4.78, 5) is 0. The van der Waals surface area contributed by atoms with E-state index in [1.807, 2.05) is 0 Å². The van der Waals surface area contributed by atoms with E-state index in [4.69, 9.17) is 0 Å². The molecule has 0 saturated carbocycles. The maximum atomic E-state index is 3.73. The van der Waals surface area contributed by atoms with Crippen LogP contribution in [-0.2, 0) is 0 Å². The van der Waals surface area contributed by atoms with Gasteiger partial charge in [0.1, 0.15) is 0 Å². The monoisotopic (exact) mass is 199 g/mol. The third-order valence-corrected chi connectivity index (χ3v) is 3.60. The highest BCUT2D eigenvalue weighted by molar-refractivity contribution is 5.70. The topological polar surface area (TPSA) is 12.0 Å². The van der Waals surface area contributed by atoms with Gasteiger partial charge < -0.3 is 5.32 Å². The molecule has 0 aliphatic carbocycles. The number of benzene rings is 1. The van der Waals surface area contributed by atoms with Gasteiger partial charge in [-0.2, -0.15) is 0 Å². The van der Waals surface area contributed by atoms with E-state index in [2.05, 4.69) is 41.7 Å². The second-order valence-electron chi connectivity index (χ2n) is 4.60. The molecule has 2 aliphatic heterocycles. The maximum Gasteiger partial charge on any atom is 0.0326 e. The fourth-order valence-electron chi connectivity index (χ4n) is 2.82. The van der Waals surface area contributed by atoms with Crippen LogP contribution in [-0.4, -0.2) is 12.1 Å². The van der Waals surface area contributed by atoms with E-state index >= 15 is 0 Å². The van der Waals surface area contributed by atoms with Gasteiger partial charge in [-0.25, -0.2) is 0 Å². The standard InChI is InChI=1S/C14H17N/c1-2-5-11(6-3-1)13-8-4-7-12-9-10-14(13)15-12/h1-3,5-6,8,12,14-15H,4,7,9-10H2. The van der Waals surface area contributed by atoms with Crippen molar-refractivity contribution in [3.63, 3.8) is 0 Å². The lowest BCUT2D eigenvalue weighted by Crippen LogP contribution is -2.28. The summed E-state index contributed by atoms with van der Waals surface area (Å²) in [5.41, 5.74) is 2.92. The van der Waals surface area contributed by atoms with Gasteiger partial charge in [-0.1, -0.05) is 36.4 Å². The van der Waals surface area contributed by atoms with Gasteiger partial charge in [0.2, 0.25) is 0 Å². The number of nitrogens with one attached hydrogen (secondary N) is 1. The largest absolute Gasteiger partial charge is 0.307 e. The lowest BCUT2D eigenvalue weighted by atomic mass is 9.94. The first-order chi connectivity index (χ1) is 7.43. The third-order valence-electron chi connectivity index (χ3n) is 3.60. The quantitative estimate of drug-likeness (QED) is 0.733. The SMILES string of the molecule is C1=C(c2ccccc2)C2CCC(CC1)N2. The Labute approximate surface area is 91.2 Å². The number of allylic oxidation sites excluding steroid dienone is 1. The van der Waals surface area contributed by atoms with Crippen LogP contribution < -0.4 is 5.32 Å². The molecular formula is C14H17N. The highest BCUT2D eigenvalue weighted by Crippen LogP contribution is 2.31. The molecular weight excluding hydrogens is 182 g/mol. The Morgan fingerprint density at radius 2 is 1.87 bits per heavy atom. The molecule has 0 radical (unpaired) electrons. The lowest BCUT2D eigenvalue weighted by molar-refractivity contribution is 0.559. The van der Waals surface area contributed by atoms with Crippen molar-refractivity contribution in [1.29, 1.82) is 0 Å². The van der Waals surface area contributed by atoms with Gasteiger partial charge in [-0.05, 0) is 36.8 Å². The summed E-state index contributed by atoms with van der Waals surface area (Å²) < 4.78 is 0. The lowest BCUT2D eigenvalue weighted by Gasteiger charge is -2.15. The molecule has 1 saturated heterocycles. The van der Waals surface area contributed by atoms with Crippen molar-refractivity contribution in [3.05, 3.63) is 42.0 Å². The van der Waals surface area contributed by atoms with Crippen LogP contribution in [0, 0.1) is 0 Å². The first-order valence-corrected chi connectivity index (χ1v) is 5.95. The van der Waals surface area contributed by atoms with Crippen molar-refractivity contribution in [2.45, 2.75) is 37.8 Å². The van der Waals surface area contributed by atoms with E-state index in [1.165, 1.54) is 36.8 Å².